The predicted octanol–water partition coefficient (Wildman–Crippen LogP) is 1.40. The second kappa shape index (κ2) is 5.31. The Hall–Kier alpha value is -2.02. The molecule has 0 fully saturated rings. The molecule has 2 rings (SSSR count). The zero-order valence-corrected chi connectivity index (χ0v) is 11.6. The molecular formula is C12H16N4O2S. The molecule has 2 N–H and O–H groups in total. The van der Waals surface area contributed by atoms with Crippen molar-refractivity contribution >= 4 is 21.4 Å². The second-order valence-corrected chi connectivity index (χ2v) is 6.00. The van der Waals surface area contributed by atoms with Gasteiger partial charge in [0.05, 0.1) is 18.5 Å². The van der Waals surface area contributed by atoms with Crippen molar-refractivity contribution in [3.8, 4) is 0 Å². The number of hydrogen-bond donors (Lipinski definition) is 2. The van der Waals surface area contributed by atoms with Crippen LogP contribution in [-0.4, -0.2) is 24.5 Å². The first-order chi connectivity index (χ1) is 8.94. The van der Waals surface area contributed by atoms with Crippen molar-refractivity contribution < 1.29 is 8.42 Å². The van der Waals surface area contributed by atoms with E-state index in [1.165, 1.54) is 0 Å². The molecule has 1 aromatic heterocycles. The van der Waals surface area contributed by atoms with Gasteiger partial charge in [-0.15, -0.1) is 0 Å². The van der Waals surface area contributed by atoms with E-state index in [1.807, 2.05) is 25.2 Å². The Kier molecular flexibility index (Phi) is 3.75. The summed E-state index contributed by atoms with van der Waals surface area (Å²) < 4.78 is 26.4. The lowest BCUT2D eigenvalue weighted by Gasteiger charge is -2.08. The van der Waals surface area contributed by atoms with Crippen LogP contribution in [0, 0.1) is 0 Å². The SMILES string of the molecule is Cn1nccc1CNc1ccc(NS(C)(=O)=O)cc1. The number of rotatable bonds is 5. The van der Waals surface area contributed by atoms with E-state index in [4.69, 9.17) is 0 Å². The first-order valence-corrected chi connectivity index (χ1v) is 7.62. The van der Waals surface area contributed by atoms with Crippen LogP contribution in [0.15, 0.2) is 36.5 Å². The Morgan fingerprint density at radius 1 is 1.16 bits per heavy atom. The first-order valence-electron chi connectivity index (χ1n) is 5.73. The van der Waals surface area contributed by atoms with Gasteiger partial charge in [0.15, 0.2) is 0 Å². The monoisotopic (exact) mass is 280 g/mol. The molecule has 0 saturated heterocycles. The highest BCUT2D eigenvalue weighted by Gasteiger charge is 2.02. The van der Waals surface area contributed by atoms with Crippen LogP contribution < -0.4 is 10.0 Å². The van der Waals surface area contributed by atoms with Gasteiger partial charge < -0.3 is 5.32 Å². The number of anilines is 2. The molecule has 0 amide bonds. The summed E-state index contributed by atoms with van der Waals surface area (Å²) in [6, 6.07) is 9.01. The fraction of sp³-hybridized carbons (Fsp3) is 0.250. The number of hydrogen-bond acceptors (Lipinski definition) is 4. The fourth-order valence-corrected chi connectivity index (χ4v) is 2.20. The van der Waals surface area contributed by atoms with Crippen LogP contribution in [0.4, 0.5) is 11.4 Å². The summed E-state index contributed by atoms with van der Waals surface area (Å²) in [6.07, 6.45) is 2.87. The smallest absolute Gasteiger partial charge is 0.229 e. The van der Waals surface area contributed by atoms with Crippen molar-refractivity contribution in [3.63, 3.8) is 0 Å². The highest BCUT2D eigenvalue weighted by molar-refractivity contribution is 7.92. The minimum Gasteiger partial charge on any atom is -0.379 e. The van der Waals surface area contributed by atoms with Crippen LogP contribution in [0.1, 0.15) is 5.69 Å². The van der Waals surface area contributed by atoms with Crippen molar-refractivity contribution in [1.82, 2.24) is 9.78 Å². The quantitative estimate of drug-likeness (QED) is 0.868. The first kappa shape index (κ1) is 13.4. The Bertz CT molecular complexity index is 647. The number of benzene rings is 1. The maximum absolute atomic E-state index is 11.1. The molecule has 0 aliphatic rings. The lowest BCUT2D eigenvalue weighted by molar-refractivity contribution is 0.607. The zero-order chi connectivity index (χ0) is 13.9. The third-order valence-corrected chi connectivity index (χ3v) is 3.19. The lowest BCUT2D eigenvalue weighted by atomic mass is 10.3. The van der Waals surface area contributed by atoms with Gasteiger partial charge in [0, 0.05) is 24.6 Å². The molecule has 0 spiro atoms. The van der Waals surface area contributed by atoms with E-state index >= 15 is 0 Å². The summed E-state index contributed by atoms with van der Waals surface area (Å²) in [5, 5.41) is 7.32. The summed E-state index contributed by atoms with van der Waals surface area (Å²) in [6.45, 7) is 0.662. The molecule has 1 heterocycles. The van der Waals surface area contributed by atoms with E-state index in [0.717, 1.165) is 17.6 Å². The van der Waals surface area contributed by atoms with E-state index < -0.39 is 10.0 Å². The van der Waals surface area contributed by atoms with E-state index in [-0.39, 0.29) is 0 Å². The molecule has 0 aliphatic carbocycles. The number of aryl methyl sites for hydroxylation is 1. The summed E-state index contributed by atoms with van der Waals surface area (Å²) >= 11 is 0. The number of nitrogens with one attached hydrogen (secondary N) is 2. The van der Waals surface area contributed by atoms with Crippen molar-refractivity contribution in [1.29, 1.82) is 0 Å². The maximum Gasteiger partial charge on any atom is 0.229 e. The number of sulfonamides is 1. The molecule has 0 saturated carbocycles. The van der Waals surface area contributed by atoms with Gasteiger partial charge in [-0.1, -0.05) is 0 Å². The molecule has 7 heteroatoms. The fourth-order valence-electron chi connectivity index (χ4n) is 1.64. The molecule has 6 nitrogen and oxygen atoms in total. The highest BCUT2D eigenvalue weighted by Crippen LogP contribution is 2.15. The maximum atomic E-state index is 11.1. The van der Waals surface area contributed by atoms with Crippen LogP contribution in [0.25, 0.3) is 0 Å². The van der Waals surface area contributed by atoms with Gasteiger partial charge >= 0.3 is 0 Å². The Morgan fingerprint density at radius 2 is 1.79 bits per heavy atom. The molecular weight excluding hydrogens is 264 g/mol. The van der Waals surface area contributed by atoms with E-state index in [9.17, 15) is 8.42 Å². The molecule has 2 aromatic rings. The van der Waals surface area contributed by atoms with Crippen LogP contribution in [0.3, 0.4) is 0 Å². The Balaban J connectivity index is 1.97. The Labute approximate surface area is 112 Å². The van der Waals surface area contributed by atoms with Crippen LogP contribution in [0.5, 0.6) is 0 Å². The van der Waals surface area contributed by atoms with Gasteiger partial charge in [-0.05, 0) is 30.3 Å². The standard InChI is InChI=1S/C12H16N4O2S/c1-16-12(7-8-14-16)9-13-10-3-5-11(6-4-10)15-19(2,17)18/h3-8,13,15H,9H2,1-2H3. The van der Waals surface area contributed by atoms with Crippen LogP contribution in [0.2, 0.25) is 0 Å². The third-order valence-electron chi connectivity index (χ3n) is 2.58. The van der Waals surface area contributed by atoms with Crippen molar-refractivity contribution in [3.05, 3.63) is 42.2 Å². The van der Waals surface area contributed by atoms with Gasteiger partial charge in [-0.2, -0.15) is 5.10 Å². The third kappa shape index (κ3) is 3.99. The van der Waals surface area contributed by atoms with Crippen molar-refractivity contribution in [2.45, 2.75) is 6.54 Å². The minimum atomic E-state index is -3.23. The lowest BCUT2D eigenvalue weighted by Crippen LogP contribution is -2.09. The number of aromatic nitrogens is 2. The van der Waals surface area contributed by atoms with E-state index in [0.29, 0.717) is 12.2 Å². The normalized spacial score (nSPS) is 11.3. The molecule has 0 atom stereocenters. The Morgan fingerprint density at radius 3 is 2.32 bits per heavy atom. The minimum absolute atomic E-state index is 0.550. The molecule has 102 valence electrons. The van der Waals surface area contributed by atoms with Crippen LogP contribution >= 0.6 is 0 Å². The van der Waals surface area contributed by atoms with E-state index in [2.05, 4.69) is 15.1 Å². The predicted molar refractivity (Wildman–Crippen MR) is 75.4 cm³/mol. The number of nitrogens with zero attached hydrogens (tertiary/aromatic N) is 2. The zero-order valence-electron chi connectivity index (χ0n) is 10.8. The van der Waals surface area contributed by atoms with Gasteiger partial charge in [0.25, 0.3) is 0 Å². The van der Waals surface area contributed by atoms with Crippen LogP contribution in [-0.2, 0) is 23.6 Å². The molecule has 0 aliphatic heterocycles. The van der Waals surface area contributed by atoms with E-state index in [1.54, 1.807) is 23.0 Å². The average molecular weight is 280 g/mol. The molecule has 0 radical (unpaired) electrons. The van der Waals surface area contributed by atoms with Gasteiger partial charge in [-0.25, -0.2) is 8.42 Å². The topological polar surface area (TPSA) is 76.0 Å². The second-order valence-electron chi connectivity index (χ2n) is 4.25. The van der Waals surface area contributed by atoms with Crippen molar-refractivity contribution in [2.75, 3.05) is 16.3 Å². The summed E-state index contributed by atoms with van der Waals surface area (Å²) in [5.41, 5.74) is 2.53. The van der Waals surface area contributed by atoms with Gasteiger partial charge in [0.1, 0.15) is 0 Å². The van der Waals surface area contributed by atoms with Gasteiger partial charge in [0.2, 0.25) is 10.0 Å². The summed E-state index contributed by atoms with van der Waals surface area (Å²) in [7, 11) is -1.34. The largest absolute Gasteiger partial charge is 0.379 e. The summed E-state index contributed by atoms with van der Waals surface area (Å²) in [5.74, 6) is 0. The van der Waals surface area contributed by atoms with Crippen molar-refractivity contribution in [2.24, 2.45) is 7.05 Å². The highest BCUT2D eigenvalue weighted by atomic mass is 32.2. The molecule has 19 heavy (non-hydrogen) atoms. The summed E-state index contributed by atoms with van der Waals surface area (Å²) in [4.78, 5) is 0. The molecule has 1 aromatic carbocycles. The molecule has 0 unspecified atom stereocenters. The average Bonchev–Trinajstić information content (AvgIpc) is 2.72. The molecule has 0 bridgehead atoms. The van der Waals surface area contributed by atoms with Gasteiger partial charge in [-0.3, -0.25) is 9.40 Å².